The van der Waals surface area contributed by atoms with Gasteiger partial charge in [-0.05, 0) is 50.4 Å². The Hall–Kier alpha value is -2.67. The first-order chi connectivity index (χ1) is 13.8. The van der Waals surface area contributed by atoms with Crippen molar-refractivity contribution >= 4 is 16.9 Å². The second kappa shape index (κ2) is 8.56. The Morgan fingerprint density at radius 2 is 2.18 bits per heavy atom. The lowest BCUT2D eigenvalue weighted by atomic mass is 10.0. The fraction of sp³-hybridized carbons (Fsp3) is 0.476. The smallest absolute Gasteiger partial charge is 0.263 e. The third-order valence-corrected chi connectivity index (χ3v) is 5.32. The minimum atomic E-state index is 0.475. The van der Waals surface area contributed by atoms with Crippen LogP contribution in [0.3, 0.4) is 0 Å². The van der Waals surface area contributed by atoms with Crippen LogP contribution in [0.1, 0.15) is 26.2 Å². The Bertz CT molecular complexity index is 926. The Balaban J connectivity index is 1.49. The quantitative estimate of drug-likeness (QED) is 0.623. The van der Waals surface area contributed by atoms with Gasteiger partial charge < -0.3 is 19.5 Å². The molecule has 0 spiro atoms. The van der Waals surface area contributed by atoms with Gasteiger partial charge in [0, 0.05) is 18.7 Å². The number of fused-ring (bicyclic) bond motifs is 1. The van der Waals surface area contributed by atoms with Gasteiger partial charge >= 0.3 is 0 Å². The van der Waals surface area contributed by atoms with Crippen molar-refractivity contribution in [2.75, 3.05) is 38.6 Å². The highest BCUT2D eigenvalue weighted by atomic mass is 16.5. The summed E-state index contributed by atoms with van der Waals surface area (Å²) in [5, 5.41) is 8.48. The van der Waals surface area contributed by atoms with Crippen LogP contribution in [0.2, 0.25) is 0 Å². The molecule has 1 aliphatic heterocycles. The molecule has 0 saturated carbocycles. The summed E-state index contributed by atoms with van der Waals surface area (Å²) in [4.78, 5) is 11.2. The summed E-state index contributed by atoms with van der Waals surface area (Å²) in [6.07, 6.45) is 5.23. The molecule has 0 bridgehead atoms. The number of piperidine rings is 1. The van der Waals surface area contributed by atoms with E-state index in [1.54, 1.807) is 7.11 Å². The molecule has 1 fully saturated rings. The van der Waals surface area contributed by atoms with Crippen LogP contribution < -0.4 is 10.1 Å². The van der Waals surface area contributed by atoms with Gasteiger partial charge in [-0.2, -0.15) is 4.98 Å². The van der Waals surface area contributed by atoms with Crippen molar-refractivity contribution < 1.29 is 9.26 Å². The molecule has 1 atom stereocenters. The average Bonchev–Trinajstić information content (AvgIpc) is 3.16. The van der Waals surface area contributed by atoms with Crippen molar-refractivity contribution in [3.8, 4) is 17.0 Å². The van der Waals surface area contributed by atoms with E-state index in [1.807, 2.05) is 24.3 Å². The molecule has 28 heavy (non-hydrogen) atoms. The highest BCUT2D eigenvalue weighted by molar-refractivity contribution is 5.98. The normalized spacial score (nSPS) is 17.7. The number of methoxy groups -OCH3 is 1. The molecule has 3 aromatic rings. The number of aromatic nitrogens is 3. The van der Waals surface area contributed by atoms with Gasteiger partial charge in [0.25, 0.3) is 5.71 Å². The first kappa shape index (κ1) is 18.7. The fourth-order valence-corrected chi connectivity index (χ4v) is 3.94. The molecule has 7 nitrogen and oxygen atoms in total. The van der Waals surface area contributed by atoms with Gasteiger partial charge in [-0.3, -0.25) is 0 Å². The second-order valence-corrected chi connectivity index (χ2v) is 7.46. The Labute approximate surface area is 165 Å². The van der Waals surface area contributed by atoms with Gasteiger partial charge in [-0.25, -0.2) is 4.98 Å². The fourth-order valence-electron chi connectivity index (χ4n) is 3.94. The number of nitrogens with one attached hydrogen (secondary N) is 1. The third kappa shape index (κ3) is 3.94. The molecule has 0 unspecified atom stereocenters. The van der Waals surface area contributed by atoms with Crippen LogP contribution in [0.15, 0.2) is 35.1 Å². The largest absolute Gasteiger partial charge is 0.496 e. The summed E-state index contributed by atoms with van der Waals surface area (Å²) in [6.45, 7) is 6.71. The number of nitrogens with zero attached hydrogens (tertiary/aromatic N) is 4. The number of anilines is 1. The Morgan fingerprint density at radius 3 is 3.04 bits per heavy atom. The molecule has 0 aliphatic carbocycles. The van der Waals surface area contributed by atoms with E-state index < -0.39 is 0 Å². The van der Waals surface area contributed by atoms with E-state index in [2.05, 4.69) is 32.3 Å². The number of para-hydroxylation sites is 1. The molecule has 7 heteroatoms. The van der Waals surface area contributed by atoms with Crippen LogP contribution in [0.4, 0.5) is 5.82 Å². The van der Waals surface area contributed by atoms with Gasteiger partial charge in [-0.15, -0.1) is 0 Å². The van der Waals surface area contributed by atoms with Crippen molar-refractivity contribution in [2.24, 2.45) is 5.92 Å². The van der Waals surface area contributed by atoms with E-state index in [9.17, 15) is 0 Å². The first-order valence-electron chi connectivity index (χ1n) is 9.96. The van der Waals surface area contributed by atoms with E-state index in [0.717, 1.165) is 47.9 Å². The van der Waals surface area contributed by atoms with E-state index in [4.69, 9.17) is 9.26 Å². The zero-order chi connectivity index (χ0) is 19.3. The van der Waals surface area contributed by atoms with Crippen LogP contribution in [0, 0.1) is 5.92 Å². The second-order valence-electron chi connectivity index (χ2n) is 7.46. The topological polar surface area (TPSA) is 76.3 Å². The number of ether oxygens (including phenoxy) is 1. The highest BCUT2D eigenvalue weighted by Crippen LogP contribution is 2.36. The van der Waals surface area contributed by atoms with Crippen LogP contribution >= 0.6 is 0 Å². The van der Waals surface area contributed by atoms with Gasteiger partial charge in [0.1, 0.15) is 29.0 Å². The lowest BCUT2D eigenvalue weighted by molar-refractivity contribution is 0.183. The number of hydrogen-bond acceptors (Lipinski definition) is 7. The van der Waals surface area contributed by atoms with Gasteiger partial charge in [-0.1, -0.05) is 24.2 Å². The standard InChI is InChI=1S/C21H27N5O2/c1-15-7-5-11-26(13-15)12-6-10-22-20-18-19(25-28-21(18)24-14-23-20)16-8-3-4-9-17(16)27-2/h3-4,8-9,14-15H,5-7,10-13H2,1-2H3,(H,22,23,24)/t15-/m1/s1. The zero-order valence-corrected chi connectivity index (χ0v) is 16.5. The van der Waals surface area contributed by atoms with Crippen molar-refractivity contribution in [1.29, 1.82) is 0 Å². The molecule has 0 radical (unpaired) electrons. The minimum absolute atomic E-state index is 0.475. The minimum Gasteiger partial charge on any atom is -0.496 e. The maximum atomic E-state index is 5.48. The van der Waals surface area contributed by atoms with E-state index in [-0.39, 0.29) is 0 Å². The van der Waals surface area contributed by atoms with E-state index >= 15 is 0 Å². The number of likely N-dealkylation sites (tertiary alicyclic amines) is 1. The van der Waals surface area contributed by atoms with Crippen LogP contribution in [-0.4, -0.2) is 53.3 Å². The van der Waals surface area contributed by atoms with E-state index in [1.165, 1.54) is 32.3 Å². The maximum absolute atomic E-state index is 5.48. The SMILES string of the molecule is COc1ccccc1-c1noc2ncnc(NCCCN3CCC[C@@H](C)C3)c12. The number of hydrogen-bond donors (Lipinski definition) is 1. The van der Waals surface area contributed by atoms with Crippen LogP contribution in [0.25, 0.3) is 22.4 Å². The molecule has 3 heterocycles. The maximum Gasteiger partial charge on any atom is 0.263 e. The van der Waals surface area contributed by atoms with Crippen molar-refractivity contribution in [1.82, 2.24) is 20.0 Å². The highest BCUT2D eigenvalue weighted by Gasteiger charge is 2.19. The predicted octanol–water partition coefficient (Wildman–Crippen LogP) is 3.83. The third-order valence-electron chi connectivity index (χ3n) is 5.32. The molecular formula is C21H27N5O2. The van der Waals surface area contributed by atoms with Gasteiger partial charge in [0.05, 0.1) is 7.11 Å². The molecule has 1 N–H and O–H groups in total. The molecule has 1 aromatic carbocycles. The summed E-state index contributed by atoms with van der Waals surface area (Å²) in [5.41, 5.74) is 2.03. The van der Waals surface area contributed by atoms with Gasteiger partial charge in [0.15, 0.2) is 0 Å². The monoisotopic (exact) mass is 381 g/mol. The average molecular weight is 381 g/mol. The molecule has 2 aromatic heterocycles. The summed E-state index contributed by atoms with van der Waals surface area (Å²) in [7, 11) is 1.65. The van der Waals surface area contributed by atoms with Gasteiger partial charge in [0.2, 0.25) is 0 Å². The van der Waals surface area contributed by atoms with Crippen molar-refractivity contribution in [3.05, 3.63) is 30.6 Å². The zero-order valence-electron chi connectivity index (χ0n) is 16.5. The van der Waals surface area contributed by atoms with Crippen LogP contribution in [-0.2, 0) is 0 Å². The van der Waals surface area contributed by atoms with Crippen molar-refractivity contribution in [2.45, 2.75) is 26.2 Å². The summed E-state index contributed by atoms with van der Waals surface area (Å²) >= 11 is 0. The van der Waals surface area contributed by atoms with Crippen LogP contribution in [0.5, 0.6) is 5.75 Å². The molecular weight excluding hydrogens is 354 g/mol. The molecule has 1 aliphatic rings. The lowest BCUT2D eigenvalue weighted by Gasteiger charge is -2.30. The van der Waals surface area contributed by atoms with E-state index in [0.29, 0.717) is 11.4 Å². The predicted molar refractivity (Wildman–Crippen MR) is 110 cm³/mol. The molecule has 1 saturated heterocycles. The molecule has 148 valence electrons. The number of rotatable bonds is 7. The summed E-state index contributed by atoms with van der Waals surface area (Å²) in [5.74, 6) is 2.30. The molecule has 0 amide bonds. The van der Waals surface area contributed by atoms with Crippen molar-refractivity contribution in [3.63, 3.8) is 0 Å². The summed E-state index contributed by atoms with van der Waals surface area (Å²) < 4.78 is 10.9. The molecule has 4 rings (SSSR count). The Kier molecular flexibility index (Phi) is 5.71. The summed E-state index contributed by atoms with van der Waals surface area (Å²) in [6, 6.07) is 7.76. The lowest BCUT2D eigenvalue weighted by Crippen LogP contribution is -2.35. The Morgan fingerprint density at radius 1 is 1.29 bits per heavy atom. The first-order valence-corrected chi connectivity index (χ1v) is 9.96. The number of benzene rings is 1.